The summed E-state index contributed by atoms with van der Waals surface area (Å²) in [5.41, 5.74) is 0.963. The van der Waals surface area contributed by atoms with Crippen molar-refractivity contribution in [3.05, 3.63) is 76.4 Å². The van der Waals surface area contributed by atoms with Crippen LogP contribution in [0.5, 0.6) is 0 Å². The largest absolute Gasteiger partial charge is 0.481 e. The molecule has 0 fully saturated rings. The number of benzene rings is 2. The zero-order valence-corrected chi connectivity index (χ0v) is 13.8. The van der Waals surface area contributed by atoms with Gasteiger partial charge < -0.3 is 5.11 Å². The smallest absolute Gasteiger partial charge is 0.417 e. The van der Waals surface area contributed by atoms with E-state index in [1.807, 2.05) is 0 Å². The first-order chi connectivity index (χ1) is 11.6. The molecule has 1 N–H and O–H groups in total. The number of hydrogen-bond donors (Lipinski definition) is 1. The number of allylic oxidation sites excluding steroid dienone is 1. The topological polar surface area (TPSA) is 37.3 Å². The van der Waals surface area contributed by atoms with Crippen molar-refractivity contribution >= 4 is 11.5 Å². The van der Waals surface area contributed by atoms with Crippen LogP contribution in [0.4, 0.5) is 13.2 Å². The molecule has 0 unspecified atom stereocenters. The number of fused-ring (bicyclic) bond motifs is 1. The van der Waals surface area contributed by atoms with Crippen LogP contribution in [-0.2, 0) is 22.8 Å². The summed E-state index contributed by atoms with van der Waals surface area (Å²) in [6.07, 6.45) is -2.14. The monoisotopic (exact) mass is 346 g/mol. The fourth-order valence-corrected chi connectivity index (χ4v) is 3.06. The van der Waals surface area contributed by atoms with E-state index < -0.39 is 23.1 Å². The van der Waals surface area contributed by atoms with Gasteiger partial charge in [-0.2, -0.15) is 13.2 Å². The maximum atomic E-state index is 13.3. The van der Waals surface area contributed by atoms with Gasteiger partial charge in [0.05, 0.1) is 11.0 Å². The number of halogens is 3. The standard InChI is InChI=1S/C20H17F3O2/c1-19(2,18(24)25)13-9-7-12-8-10-14(16(12)11-13)15-5-3-4-6-17(15)20(21,22)23/h3-7,9-11H,8H2,1-2H3,(H,24,25). The summed E-state index contributed by atoms with van der Waals surface area (Å²) in [6.45, 7) is 3.16. The molecule has 5 heteroatoms. The van der Waals surface area contributed by atoms with Gasteiger partial charge in [0, 0.05) is 0 Å². The van der Waals surface area contributed by atoms with Crippen molar-refractivity contribution < 1.29 is 23.1 Å². The average Bonchev–Trinajstić information content (AvgIpc) is 2.96. The molecule has 1 aliphatic carbocycles. The van der Waals surface area contributed by atoms with Crippen molar-refractivity contribution in [2.75, 3.05) is 0 Å². The zero-order chi connectivity index (χ0) is 18.4. The van der Waals surface area contributed by atoms with Gasteiger partial charge in [0.1, 0.15) is 0 Å². The molecule has 0 amide bonds. The summed E-state index contributed by atoms with van der Waals surface area (Å²) in [5.74, 6) is -0.980. The Kier molecular flexibility index (Phi) is 3.98. The van der Waals surface area contributed by atoms with Crippen LogP contribution in [0.15, 0.2) is 48.5 Å². The Balaban J connectivity index is 2.14. The Morgan fingerprint density at radius 2 is 1.72 bits per heavy atom. The molecule has 0 saturated carbocycles. The Labute approximate surface area is 143 Å². The highest BCUT2D eigenvalue weighted by atomic mass is 19.4. The van der Waals surface area contributed by atoms with E-state index in [4.69, 9.17) is 0 Å². The minimum atomic E-state index is -4.45. The van der Waals surface area contributed by atoms with Crippen LogP contribution < -0.4 is 0 Å². The molecule has 0 bridgehead atoms. The number of carboxylic acid groups (broad SMARTS) is 1. The molecule has 2 aromatic rings. The molecule has 0 atom stereocenters. The third-order valence-electron chi connectivity index (χ3n) is 4.71. The predicted molar refractivity (Wildman–Crippen MR) is 89.3 cm³/mol. The molecule has 0 aromatic heterocycles. The van der Waals surface area contributed by atoms with Crippen molar-refractivity contribution in [3.63, 3.8) is 0 Å². The SMILES string of the molecule is CC(C)(C(=O)O)c1ccc2c(c1)C(c1ccccc1C(F)(F)F)=CC2. The third kappa shape index (κ3) is 2.95. The van der Waals surface area contributed by atoms with Crippen LogP contribution in [0.2, 0.25) is 0 Å². The lowest BCUT2D eigenvalue weighted by molar-refractivity contribution is -0.142. The molecule has 1 aliphatic rings. The Morgan fingerprint density at radius 1 is 1.04 bits per heavy atom. The minimum Gasteiger partial charge on any atom is -0.481 e. The molecule has 2 nitrogen and oxygen atoms in total. The summed E-state index contributed by atoms with van der Waals surface area (Å²) >= 11 is 0. The van der Waals surface area contributed by atoms with E-state index in [9.17, 15) is 23.1 Å². The zero-order valence-electron chi connectivity index (χ0n) is 13.8. The first kappa shape index (κ1) is 17.3. The van der Waals surface area contributed by atoms with Gasteiger partial charge in [-0.3, -0.25) is 4.79 Å². The molecule has 0 heterocycles. The predicted octanol–water partition coefficient (Wildman–Crippen LogP) is 5.06. The van der Waals surface area contributed by atoms with Gasteiger partial charge in [-0.1, -0.05) is 36.4 Å². The van der Waals surface area contributed by atoms with Crippen LogP contribution in [0.1, 0.15) is 41.7 Å². The van der Waals surface area contributed by atoms with E-state index in [0.717, 1.165) is 11.6 Å². The number of rotatable bonds is 3. The van der Waals surface area contributed by atoms with E-state index in [2.05, 4.69) is 0 Å². The molecule has 2 aromatic carbocycles. The summed E-state index contributed by atoms with van der Waals surface area (Å²) < 4.78 is 40.0. The van der Waals surface area contributed by atoms with Crippen LogP contribution >= 0.6 is 0 Å². The molecule has 0 spiro atoms. The summed E-state index contributed by atoms with van der Waals surface area (Å²) in [7, 11) is 0. The number of hydrogen-bond acceptors (Lipinski definition) is 1. The maximum absolute atomic E-state index is 13.3. The first-order valence-corrected chi connectivity index (χ1v) is 7.86. The minimum absolute atomic E-state index is 0.124. The highest BCUT2D eigenvalue weighted by Crippen LogP contribution is 2.41. The molecule has 25 heavy (non-hydrogen) atoms. The van der Waals surface area contributed by atoms with Crippen LogP contribution in [-0.4, -0.2) is 11.1 Å². The van der Waals surface area contributed by atoms with Gasteiger partial charge in [-0.15, -0.1) is 0 Å². The van der Waals surface area contributed by atoms with Crippen molar-refractivity contribution in [2.45, 2.75) is 31.9 Å². The summed E-state index contributed by atoms with van der Waals surface area (Å²) in [5, 5.41) is 9.41. The lowest BCUT2D eigenvalue weighted by atomic mass is 9.82. The molecule has 3 rings (SSSR count). The highest BCUT2D eigenvalue weighted by molar-refractivity contribution is 5.88. The second-order valence-electron chi connectivity index (χ2n) is 6.67. The second kappa shape index (κ2) is 5.76. The number of alkyl halides is 3. The van der Waals surface area contributed by atoms with E-state index >= 15 is 0 Å². The molecular formula is C20H17F3O2. The Bertz CT molecular complexity index is 877. The van der Waals surface area contributed by atoms with Gasteiger partial charge in [0.15, 0.2) is 0 Å². The first-order valence-electron chi connectivity index (χ1n) is 7.86. The summed E-state index contributed by atoms with van der Waals surface area (Å²) in [4.78, 5) is 11.5. The fraction of sp³-hybridized carbons (Fsp3) is 0.250. The van der Waals surface area contributed by atoms with Crippen molar-refractivity contribution in [1.29, 1.82) is 0 Å². The van der Waals surface area contributed by atoms with Gasteiger partial charge in [-0.25, -0.2) is 0 Å². The van der Waals surface area contributed by atoms with Crippen molar-refractivity contribution in [3.8, 4) is 0 Å². The van der Waals surface area contributed by atoms with Crippen LogP contribution in [0.25, 0.3) is 5.57 Å². The fourth-order valence-electron chi connectivity index (χ4n) is 3.06. The normalized spacial score (nSPS) is 14.2. The molecule has 0 saturated heterocycles. The molecular weight excluding hydrogens is 329 g/mol. The number of carboxylic acids is 1. The van der Waals surface area contributed by atoms with Crippen molar-refractivity contribution in [1.82, 2.24) is 0 Å². The summed E-state index contributed by atoms with van der Waals surface area (Å²) in [6, 6.07) is 10.7. The van der Waals surface area contributed by atoms with Gasteiger partial charge in [0.25, 0.3) is 0 Å². The van der Waals surface area contributed by atoms with Crippen LogP contribution in [0, 0.1) is 0 Å². The Morgan fingerprint density at radius 3 is 2.36 bits per heavy atom. The molecule has 0 radical (unpaired) electrons. The van der Waals surface area contributed by atoms with Gasteiger partial charge in [0.2, 0.25) is 0 Å². The van der Waals surface area contributed by atoms with E-state index in [1.54, 1.807) is 44.2 Å². The van der Waals surface area contributed by atoms with Crippen LogP contribution in [0.3, 0.4) is 0 Å². The highest BCUT2D eigenvalue weighted by Gasteiger charge is 2.35. The second-order valence-corrected chi connectivity index (χ2v) is 6.67. The Hall–Kier alpha value is -2.56. The quantitative estimate of drug-likeness (QED) is 0.844. The average molecular weight is 346 g/mol. The third-order valence-corrected chi connectivity index (χ3v) is 4.71. The van der Waals surface area contributed by atoms with E-state index in [-0.39, 0.29) is 5.56 Å². The molecule has 130 valence electrons. The van der Waals surface area contributed by atoms with Crippen molar-refractivity contribution in [2.24, 2.45) is 0 Å². The maximum Gasteiger partial charge on any atom is 0.417 e. The lowest BCUT2D eigenvalue weighted by Crippen LogP contribution is -2.28. The number of aliphatic carboxylic acids is 1. The number of carbonyl (C=O) groups is 1. The lowest BCUT2D eigenvalue weighted by Gasteiger charge is -2.21. The van der Waals surface area contributed by atoms with E-state index in [1.165, 1.54) is 12.1 Å². The van der Waals surface area contributed by atoms with Gasteiger partial charge >= 0.3 is 12.1 Å². The van der Waals surface area contributed by atoms with E-state index in [0.29, 0.717) is 23.1 Å². The van der Waals surface area contributed by atoms with Gasteiger partial charge in [-0.05, 0) is 60.2 Å². The molecule has 0 aliphatic heterocycles.